The molecule has 0 saturated heterocycles. The molecule has 0 radical (unpaired) electrons. The fraction of sp³-hybridized carbons (Fsp3) is 0.375. The lowest BCUT2D eigenvalue weighted by molar-refractivity contribution is 0.443. The highest BCUT2D eigenvalue weighted by molar-refractivity contribution is 8.14. The van der Waals surface area contributed by atoms with Crippen LogP contribution in [0.5, 0.6) is 0 Å². The van der Waals surface area contributed by atoms with Crippen molar-refractivity contribution in [1.29, 1.82) is 0 Å². The van der Waals surface area contributed by atoms with Gasteiger partial charge >= 0.3 is 0 Å². The van der Waals surface area contributed by atoms with Gasteiger partial charge in [0.2, 0.25) is 0 Å². The topological polar surface area (TPSA) is 37.3 Å². The van der Waals surface area contributed by atoms with E-state index in [1.807, 2.05) is 24.4 Å². The molecule has 0 aliphatic carbocycles. The third kappa shape index (κ3) is 2.80. The molecule has 1 atom stereocenters. The van der Waals surface area contributed by atoms with Crippen molar-refractivity contribution in [3.63, 3.8) is 0 Å². The smallest absolute Gasteiger partial charge is 0.161 e. The van der Waals surface area contributed by atoms with Crippen molar-refractivity contribution in [1.82, 2.24) is 4.98 Å². The molecule has 20 heavy (non-hydrogen) atoms. The second-order valence-electron chi connectivity index (χ2n) is 5.41. The van der Waals surface area contributed by atoms with E-state index in [-0.39, 0.29) is 5.54 Å². The lowest BCUT2D eigenvalue weighted by Gasteiger charge is -2.29. The van der Waals surface area contributed by atoms with E-state index in [0.717, 1.165) is 40.4 Å². The molecule has 0 spiro atoms. The van der Waals surface area contributed by atoms with E-state index in [9.17, 15) is 0 Å². The van der Waals surface area contributed by atoms with Gasteiger partial charge in [0.05, 0.1) is 22.9 Å². The molecule has 2 heterocycles. The number of rotatable bonds is 2. The highest BCUT2D eigenvalue weighted by atomic mass is 32.2. The van der Waals surface area contributed by atoms with Crippen molar-refractivity contribution >= 4 is 33.5 Å². The Bertz CT molecular complexity index is 653. The molecule has 104 valence electrons. The second-order valence-corrected chi connectivity index (χ2v) is 6.49. The highest BCUT2D eigenvalue weighted by Crippen LogP contribution is 2.30. The minimum absolute atomic E-state index is 0.0812. The van der Waals surface area contributed by atoms with Crippen LogP contribution in [0.3, 0.4) is 0 Å². The van der Waals surface area contributed by atoms with E-state index in [2.05, 4.69) is 36.3 Å². The quantitative estimate of drug-likeness (QED) is 0.893. The number of pyridine rings is 1. The number of nitrogens with zero attached hydrogens (tertiary/aromatic N) is 2. The zero-order valence-electron chi connectivity index (χ0n) is 11.9. The average Bonchev–Trinajstić information content (AvgIpc) is 2.47. The number of para-hydroxylation sites is 1. The number of benzene rings is 1. The van der Waals surface area contributed by atoms with Gasteiger partial charge in [-0.2, -0.15) is 0 Å². The summed E-state index contributed by atoms with van der Waals surface area (Å²) in [4.78, 5) is 9.32. The van der Waals surface area contributed by atoms with E-state index in [0.29, 0.717) is 0 Å². The van der Waals surface area contributed by atoms with Gasteiger partial charge in [-0.25, -0.2) is 0 Å². The van der Waals surface area contributed by atoms with Gasteiger partial charge in [-0.05, 0) is 31.9 Å². The summed E-state index contributed by atoms with van der Waals surface area (Å²) in [6.07, 6.45) is 4.10. The van der Waals surface area contributed by atoms with Gasteiger partial charge in [-0.3, -0.25) is 9.98 Å². The van der Waals surface area contributed by atoms with E-state index >= 15 is 0 Å². The molecule has 0 fully saturated rings. The fourth-order valence-corrected chi connectivity index (χ4v) is 3.49. The second kappa shape index (κ2) is 5.44. The van der Waals surface area contributed by atoms with Gasteiger partial charge in [-0.15, -0.1) is 0 Å². The van der Waals surface area contributed by atoms with Crippen LogP contribution in [0.1, 0.15) is 26.7 Å². The molecule has 1 aromatic carbocycles. The molecule has 1 unspecified atom stereocenters. The molecule has 0 bridgehead atoms. The van der Waals surface area contributed by atoms with Crippen LogP contribution in [0.15, 0.2) is 41.5 Å². The van der Waals surface area contributed by atoms with E-state index in [1.165, 1.54) is 0 Å². The minimum Gasteiger partial charge on any atom is -0.334 e. The third-order valence-corrected chi connectivity index (χ3v) is 4.73. The van der Waals surface area contributed by atoms with Crippen LogP contribution in [-0.2, 0) is 0 Å². The lowest BCUT2D eigenvalue weighted by atomic mass is 9.97. The molecule has 1 aliphatic rings. The zero-order chi connectivity index (χ0) is 14.0. The van der Waals surface area contributed by atoms with Gasteiger partial charge in [0, 0.05) is 11.1 Å². The number of hydrogen-bond donors (Lipinski definition) is 1. The van der Waals surface area contributed by atoms with Gasteiger partial charge in [0.15, 0.2) is 5.17 Å². The lowest BCUT2D eigenvalue weighted by Crippen LogP contribution is -2.29. The summed E-state index contributed by atoms with van der Waals surface area (Å²) < 4.78 is 0. The summed E-state index contributed by atoms with van der Waals surface area (Å²) in [6, 6.07) is 10.3. The molecule has 1 N–H and O–H groups in total. The Hall–Kier alpha value is -1.55. The van der Waals surface area contributed by atoms with Crippen LogP contribution in [0.2, 0.25) is 0 Å². The standard InChI is InChI=1S/C16H19N3S/c1-3-16(2)8-9-20-15(19-16)18-13-10-12-6-4-5-7-14(12)17-11-13/h4-7,10-11H,3,8-9H2,1-2H3,(H,18,19). The number of hydrogen-bond acceptors (Lipinski definition) is 4. The molecule has 1 aliphatic heterocycles. The zero-order valence-corrected chi connectivity index (χ0v) is 12.7. The molecule has 4 heteroatoms. The van der Waals surface area contributed by atoms with Crippen molar-refractivity contribution in [3.8, 4) is 0 Å². The maximum atomic E-state index is 4.85. The molecule has 1 aromatic heterocycles. The Morgan fingerprint density at radius 3 is 3.05 bits per heavy atom. The maximum Gasteiger partial charge on any atom is 0.161 e. The van der Waals surface area contributed by atoms with Crippen LogP contribution in [0.25, 0.3) is 10.9 Å². The summed E-state index contributed by atoms with van der Waals surface area (Å²) in [5.41, 5.74) is 2.11. The number of aliphatic imine (C=N–C) groups is 1. The first kappa shape index (κ1) is 13.4. The molecule has 2 aromatic rings. The maximum absolute atomic E-state index is 4.85. The number of fused-ring (bicyclic) bond motifs is 1. The number of aromatic nitrogens is 1. The van der Waals surface area contributed by atoms with Crippen LogP contribution in [0, 0.1) is 0 Å². The first-order chi connectivity index (χ1) is 9.68. The summed E-state index contributed by atoms with van der Waals surface area (Å²) in [6.45, 7) is 4.43. The number of anilines is 1. The Morgan fingerprint density at radius 2 is 2.20 bits per heavy atom. The molecular weight excluding hydrogens is 266 g/mol. The van der Waals surface area contributed by atoms with Crippen LogP contribution < -0.4 is 5.32 Å². The van der Waals surface area contributed by atoms with Gasteiger partial charge in [0.25, 0.3) is 0 Å². The van der Waals surface area contributed by atoms with Crippen molar-refractivity contribution in [2.24, 2.45) is 4.99 Å². The van der Waals surface area contributed by atoms with Crippen LogP contribution in [0.4, 0.5) is 5.69 Å². The van der Waals surface area contributed by atoms with E-state index < -0.39 is 0 Å². The molecule has 0 amide bonds. The minimum atomic E-state index is 0.0812. The molecule has 3 rings (SSSR count). The van der Waals surface area contributed by atoms with Crippen LogP contribution in [-0.4, -0.2) is 21.4 Å². The third-order valence-electron chi connectivity index (χ3n) is 3.85. The highest BCUT2D eigenvalue weighted by Gasteiger charge is 2.25. The monoisotopic (exact) mass is 285 g/mol. The van der Waals surface area contributed by atoms with Crippen molar-refractivity contribution in [2.75, 3.05) is 11.1 Å². The predicted octanol–water partition coefficient (Wildman–Crippen LogP) is 4.31. The van der Waals surface area contributed by atoms with Crippen molar-refractivity contribution < 1.29 is 0 Å². The van der Waals surface area contributed by atoms with Gasteiger partial charge in [-0.1, -0.05) is 36.9 Å². The first-order valence-corrected chi connectivity index (χ1v) is 8.02. The SMILES string of the molecule is CCC1(C)CCSC(Nc2cnc3ccccc3c2)=N1. The normalized spacial score (nSPS) is 22.6. The summed E-state index contributed by atoms with van der Waals surface area (Å²) >= 11 is 1.79. The predicted molar refractivity (Wildman–Crippen MR) is 88.6 cm³/mol. The average molecular weight is 285 g/mol. The van der Waals surface area contributed by atoms with Gasteiger partial charge < -0.3 is 5.32 Å². The fourth-order valence-electron chi connectivity index (χ4n) is 2.28. The van der Waals surface area contributed by atoms with Crippen molar-refractivity contribution in [3.05, 3.63) is 36.5 Å². The summed E-state index contributed by atoms with van der Waals surface area (Å²) in [7, 11) is 0. The Balaban J connectivity index is 1.86. The van der Waals surface area contributed by atoms with Crippen LogP contribution >= 0.6 is 11.8 Å². The largest absolute Gasteiger partial charge is 0.334 e. The van der Waals surface area contributed by atoms with E-state index in [4.69, 9.17) is 4.99 Å². The van der Waals surface area contributed by atoms with Gasteiger partial charge in [0.1, 0.15) is 0 Å². The number of thioether (sulfide) groups is 1. The number of amidine groups is 1. The molecule has 3 nitrogen and oxygen atoms in total. The summed E-state index contributed by atoms with van der Waals surface area (Å²) in [5, 5.41) is 5.57. The Labute approximate surface area is 123 Å². The molecular formula is C16H19N3S. The number of nitrogens with one attached hydrogen (secondary N) is 1. The first-order valence-electron chi connectivity index (χ1n) is 7.03. The Kier molecular flexibility index (Phi) is 3.66. The van der Waals surface area contributed by atoms with E-state index in [1.54, 1.807) is 11.8 Å². The van der Waals surface area contributed by atoms with Crippen molar-refractivity contribution in [2.45, 2.75) is 32.2 Å². The summed E-state index contributed by atoms with van der Waals surface area (Å²) in [5.74, 6) is 1.12. The Morgan fingerprint density at radius 1 is 1.35 bits per heavy atom. The molecule has 0 saturated carbocycles.